The van der Waals surface area contributed by atoms with Gasteiger partial charge in [0, 0.05) is 25.2 Å². The molecular formula is C14H28N2O. The fourth-order valence-corrected chi connectivity index (χ4v) is 3.26. The number of nitrogens with zero attached hydrogens (tertiary/aromatic N) is 1. The molecule has 2 aliphatic rings. The molecule has 2 rings (SSSR count). The zero-order valence-electron chi connectivity index (χ0n) is 11.7. The molecule has 0 amide bonds. The maximum atomic E-state index is 5.80. The van der Waals surface area contributed by atoms with Crippen LogP contribution in [0.25, 0.3) is 0 Å². The Kier molecular flexibility index (Phi) is 4.45. The minimum absolute atomic E-state index is 0.262. The summed E-state index contributed by atoms with van der Waals surface area (Å²) < 4.78 is 5.80. The highest BCUT2D eigenvalue weighted by Crippen LogP contribution is 2.25. The average molecular weight is 240 g/mol. The number of ether oxygens (including phenoxy) is 1. The second kappa shape index (κ2) is 5.68. The Labute approximate surface area is 106 Å². The summed E-state index contributed by atoms with van der Waals surface area (Å²) in [7, 11) is 0. The molecule has 0 aromatic rings. The summed E-state index contributed by atoms with van der Waals surface area (Å²) in [4.78, 5) is 2.64. The minimum atomic E-state index is 0.262. The third-order valence-corrected chi connectivity index (χ3v) is 4.11. The van der Waals surface area contributed by atoms with Gasteiger partial charge in [0.15, 0.2) is 0 Å². The lowest BCUT2D eigenvalue weighted by Gasteiger charge is -2.32. The van der Waals surface area contributed by atoms with Gasteiger partial charge in [-0.2, -0.15) is 0 Å². The van der Waals surface area contributed by atoms with Crippen LogP contribution in [0.4, 0.5) is 0 Å². The van der Waals surface area contributed by atoms with E-state index in [0.717, 1.165) is 19.1 Å². The molecule has 3 nitrogen and oxygen atoms in total. The zero-order chi connectivity index (χ0) is 12.3. The molecular weight excluding hydrogens is 212 g/mol. The first-order valence-corrected chi connectivity index (χ1v) is 7.20. The first-order chi connectivity index (χ1) is 8.11. The van der Waals surface area contributed by atoms with E-state index in [9.17, 15) is 0 Å². The van der Waals surface area contributed by atoms with Gasteiger partial charge in [-0.3, -0.25) is 0 Å². The van der Waals surface area contributed by atoms with Crippen molar-refractivity contribution in [3.63, 3.8) is 0 Å². The van der Waals surface area contributed by atoms with Crippen LogP contribution in [0.5, 0.6) is 0 Å². The van der Waals surface area contributed by atoms with Crippen LogP contribution in [-0.4, -0.2) is 49.3 Å². The normalized spacial score (nSPS) is 34.8. The van der Waals surface area contributed by atoms with Gasteiger partial charge in [0.05, 0.1) is 6.10 Å². The topological polar surface area (TPSA) is 24.5 Å². The third kappa shape index (κ3) is 3.67. The summed E-state index contributed by atoms with van der Waals surface area (Å²) in [6.45, 7) is 12.6. The van der Waals surface area contributed by atoms with Crippen LogP contribution < -0.4 is 5.32 Å². The fourth-order valence-electron chi connectivity index (χ4n) is 3.26. The van der Waals surface area contributed by atoms with Crippen LogP contribution in [0.1, 0.15) is 40.0 Å². The van der Waals surface area contributed by atoms with Crippen LogP contribution in [-0.2, 0) is 4.74 Å². The Morgan fingerprint density at radius 3 is 3.00 bits per heavy atom. The SMILES string of the molecule is CCC1OCCC1CN1CCCNC(C)(C)C1. The molecule has 2 aliphatic heterocycles. The van der Waals surface area contributed by atoms with E-state index >= 15 is 0 Å². The number of hydrogen-bond donors (Lipinski definition) is 1. The highest BCUT2D eigenvalue weighted by Gasteiger charge is 2.31. The fraction of sp³-hybridized carbons (Fsp3) is 1.00. The van der Waals surface area contributed by atoms with Gasteiger partial charge in [-0.05, 0) is 52.1 Å². The van der Waals surface area contributed by atoms with Crippen molar-refractivity contribution in [2.45, 2.75) is 51.7 Å². The van der Waals surface area contributed by atoms with Crippen molar-refractivity contribution < 1.29 is 4.74 Å². The molecule has 2 atom stereocenters. The van der Waals surface area contributed by atoms with Crippen LogP contribution >= 0.6 is 0 Å². The maximum absolute atomic E-state index is 5.80. The molecule has 2 saturated heterocycles. The smallest absolute Gasteiger partial charge is 0.0613 e. The van der Waals surface area contributed by atoms with Crippen molar-refractivity contribution in [2.24, 2.45) is 5.92 Å². The van der Waals surface area contributed by atoms with Crippen LogP contribution in [0.3, 0.4) is 0 Å². The van der Waals surface area contributed by atoms with Crippen LogP contribution in [0.2, 0.25) is 0 Å². The summed E-state index contributed by atoms with van der Waals surface area (Å²) in [5.74, 6) is 0.758. The van der Waals surface area contributed by atoms with E-state index in [1.54, 1.807) is 0 Å². The Morgan fingerprint density at radius 1 is 1.41 bits per heavy atom. The molecule has 100 valence electrons. The standard InChI is InChI=1S/C14H28N2O/c1-4-13-12(6-9-17-13)10-16-8-5-7-15-14(2,3)11-16/h12-13,15H,4-11H2,1-3H3. The second-order valence-electron chi connectivity index (χ2n) is 6.27. The Hall–Kier alpha value is -0.120. The van der Waals surface area contributed by atoms with Gasteiger partial charge < -0.3 is 15.0 Å². The van der Waals surface area contributed by atoms with Crippen LogP contribution in [0, 0.1) is 5.92 Å². The molecule has 0 saturated carbocycles. The minimum Gasteiger partial charge on any atom is -0.378 e. The van der Waals surface area contributed by atoms with Gasteiger partial charge in [0.25, 0.3) is 0 Å². The van der Waals surface area contributed by atoms with Gasteiger partial charge in [0.1, 0.15) is 0 Å². The first-order valence-electron chi connectivity index (χ1n) is 7.20. The van der Waals surface area contributed by atoms with Gasteiger partial charge in [0.2, 0.25) is 0 Å². The molecule has 0 bridgehead atoms. The second-order valence-corrected chi connectivity index (χ2v) is 6.27. The number of rotatable bonds is 3. The molecule has 0 aliphatic carbocycles. The predicted octanol–water partition coefficient (Wildman–Crippen LogP) is 1.88. The lowest BCUT2D eigenvalue weighted by atomic mass is 9.97. The van der Waals surface area contributed by atoms with Gasteiger partial charge in [-0.25, -0.2) is 0 Å². The summed E-state index contributed by atoms with van der Waals surface area (Å²) in [5, 5.41) is 3.63. The molecule has 0 radical (unpaired) electrons. The molecule has 3 heteroatoms. The maximum Gasteiger partial charge on any atom is 0.0613 e. The highest BCUT2D eigenvalue weighted by molar-refractivity contribution is 4.87. The van der Waals surface area contributed by atoms with E-state index in [1.807, 2.05) is 0 Å². The number of nitrogens with one attached hydrogen (secondary N) is 1. The summed E-state index contributed by atoms with van der Waals surface area (Å²) in [6, 6.07) is 0. The van der Waals surface area contributed by atoms with Gasteiger partial charge in [-0.15, -0.1) is 0 Å². The van der Waals surface area contributed by atoms with E-state index in [0.29, 0.717) is 6.10 Å². The lowest BCUT2D eigenvalue weighted by Crippen LogP contribution is -2.47. The van der Waals surface area contributed by atoms with E-state index in [-0.39, 0.29) is 5.54 Å². The molecule has 0 aromatic heterocycles. The van der Waals surface area contributed by atoms with E-state index in [2.05, 4.69) is 31.0 Å². The van der Waals surface area contributed by atoms with Crippen molar-refractivity contribution in [2.75, 3.05) is 32.8 Å². The van der Waals surface area contributed by atoms with E-state index in [4.69, 9.17) is 4.74 Å². The largest absolute Gasteiger partial charge is 0.378 e. The summed E-state index contributed by atoms with van der Waals surface area (Å²) in [6.07, 6.45) is 4.20. The molecule has 1 N–H and O–H groups in total. The molecule has 0 aromatic carbocycles. The van der Waals surface area contributed by atoms with Crippen molar-refractivity contribution in [1.82, 2.24) is 10.2 Å². The monoisotopic (exact) mass is 240 g/mol. The first kappa shape index (κ1) is 13.3. The molecule has 0 spiro atoms. The van der Waals surface area contributed by atoms with Crippen molar-refractivity contribution in [1.29, 1.82) is 0 Å². The van der Waals surface area contributed by atoms with Crippen molar-refractivity contribution in [3.05, 3.63) is 0 Å². The Balaban J connectivity index is 1.88. The lowest BCUT2D eigenvalue weighted by molar-refractivity contribution is 0.0734. The Morgan fingerprint density at radius 2 is 2.24 bits per heavy atom. The van der Waals surface area contributed by atoms with Crippen molar-refractivity contribution in [3.8, 4) is 0 Å². The predicted molar refractivity (Wildman–Crippen MR) is 71.3 cm³/mol. The molecule has 2 heterocycles. The van der Waals surface area contributed by atoms with E-state index in [1.165, 1.54) is 38.9 Å². The van der Waals surface area contributed by atoms with Crippen LogP contribution in [0.15, 0.2) is 0 Å². The molecule has 17 heavy (non-hydrogen) atoms. The number of hydrogen-bond acceptors (Lipinski definition) is 3. The van der Waals surface area contributed by atoms with Crippen molar-refractivity contribution >= 4 is 0 Å². The average Bonchev–Trinajstić information content (AvgIpc) is 2.63. The quantitative estimate of drug-likeness (QED) is 0.815. The highest BCUT2D eigenvalue weighted by atomic mass is 16.5. The summed E-state index contributed by atoms with van der Waals surface area (Å²) >= 11 is 0. The zero-order valence-corrected chi connectivity index (χ0v) is 11.7. The van der Waals surface area contributed by atoms with Gasteiger partial charge in [-0.1, -0.05) is 6.92 Å². The summed E-state index contributed by atoms with van der Waals surface area (Å²) in [5.41, 5.74) is 0.262. The molecule has 2 unspecified atom stereocenters. The van der Waals surface area contributed by atoms with Gasteiger partial charge >= 0.3 is 0 Å². The van der Waals surface area contributed by atoms with E-state index < -0.39 is 0 Å². The Bertz CT molecular complexity index is 242. The molecule has 2 fully saturated rings. The third-order valence-electron chi connectivity index (χ3n) is 4.11.